The minimum Gasteiger partial charge on any atom is -0.492 e. The summed E-state index contributed by atoms with van der Waals surface area (Å²) in [4.78, 5) is 15.1. The normalized spacial score (nSPS) is 14.3. The Morgan fingerprint density at radius 3 is 2.66 bits per heavy atom. The van der Waals surface area contributed by atoms with Gasteiger partial charge in [-0.3, -0.25) is 0 Å². The van der Waals surface area contributed by atoms with Gasteiger partial charge in [0.2, 0.25) is 5.95 Å². The maximum atomic E-state index is 13.0. The van der Waals surface area contributed by atoms with Crippen molar-refractivity contribution < 1.29 is 17.9 Å². The lowest BCUT2D eigenvalue weighted by atomic mass is 9.99. The quantitative estimate of drug-likeness (QED) is 0.434. The van der Waals surface area contributed by atoms with E-state index in [1.807, 2.05) is 38.2 Å². The van der Waals surface area contributed by atoms with Crippen LogP contribution in [0.5, 0.6) is 5.75 Å². The SMILES string of the molecule is CCOc1cc(-c2nncn2C)ccc1Nc1ncc2cc(C)nc(N3CC(C(F)(F)F)C3)c2n1. The highest BCUT2D eigenvalue weighted by Gasteiger charge is 2.48. The van der Waals surface area contributed by atoms with Crippen LogP contribution in [0.2, 0.25) is 0 Å². The van der Waals surface area contributed by atoms with Crippen LogP contribution >= 0.6 is 0 Å². The first-order valence-corrected chi connectivity index (χ1v) is 11.1. The van der Waals surface area contributed by atoms with Crippen molar-refractivity contribution in [3.05, 3.63) is 42.5 Å². The van der Waals surface area contributed by atoms with Crippen LogP contribution in [0.3, 0.4) is 0 Å². The number of ether oxygens (including phenoxy) is 1. The molecule has 3 aromatic heterocycles. The first-order valence-electron chi connectivity index (χ1n) is 11.1. The molecule has 35 heavy (non-hydrogen) atoms. The van der Waals surface area contributed by atoms with Gasteiger partial charge < -0.3 is 19.5 Å². The van der Waals surface area contributed by atoms with Crippen LogP contribution in [0.4, 0.5) is 30.6 Å². The van der Waals surface area contributed by atoms with Crippen LogP contribution in [0.1, 0.15) is 12.6 Å². The molecule has 0 spiro atoms. The van der Waals surface area contributed by atoms with E-state index in [2.05, 4.69) is 30.5 Å². The number of aryl methyl sites for hydroxylation is 2. The van der Waals surface area contributed by atoms with E-state index in [0.717, 1.165) is 5.56 Å². The molecule has 0 unspecified atom stereocenters. The summed E-state index contributed by atoms with van der Waals surface area (Å²) < 4.78 is 46.7. The van der Waals surface area contributed by atoms with Gasteiger partial charge in [-0.25, -0.2) is 15.0 Å². The summed E-state index contributed by atoms with van der Waals surface area (Å²) in [6, 6.07) is 7.37. The molecule has 0 atom stereocenters. The van der Waals surface area contributed by atoms with E-state index in [1.165, 1.54) is 0 Å². The molecule has 1 fully saturated rings. The number of aromatic nitrogens is 6. The molecular weight excluding hydrogens is 461 g/mol. The standard InChI is InChI=1S/C23H23F3N8O/c1-4-35-18-8-14(20-32-28-12-33(20)3)5-6-17(18)30-22-27-9-15-7-13(2)29-21(19(15)31-22)34-10-16(11-34)23(24,25)26/h5-9,12,16H,4,10-11H2,1-3H3,(H,27,30,31). The van der Waals surface area contributed by atoms with Gasteiger partial charge in [-0.05, 0) is 38.1 Å². The number of alkyl halides is 3. The van der Waals surface area contributed by atoms with Crippen molar-refractivity contribution in [3.8, 4) is 17.1 Å². The third-order valence-electron chi connectivity index (χ3n) is 5.82. The molecule has 0 amide bonds. The minimum atomic E-state index is -4.22. The highest BCUT2D eigenvalue weighted by Crippen LogP contribution is 2.38. The van der Waals surface area contributed by atoms with Crippen LogP contribution in [0.25, 0.3) is 22.3 Å². The van der Waals surface area contributed by atoms with Crippen molar-refractivity contribution in [1.29, 1.82) is 0 Å². The molecule has 1 aliphatic heterocycles. The molecule has 1 aromatic carbocycles. The van der Waals surface area contributed by atoms with Gasteiger partial charge >= 0.3 is 6.18 Å². The van der Waals surface area contributed by atoms with Gasteiger partial charge in [0.25, 0.3) is 0 Å². The van der Waals surface area contributed by atoms with Crippen molar-refractivity contribution in [2.24, 2.45) is 13.0 Å². The van der Waals surface area contributed by atoms with Gasteiger partial charge in [-0.15, -0.1) is 10.2 Å². The maximum absolute atomic E-state index is 13.0. The molecule has 4 heterocycles. The smallest absolute Gasteiger partial charge is 0.395 e. The summed E-state index contributed by atoms with van der Waals surface area (Å²) >= 11 is 0. The summed E-state index contributed by atoms with van der Waals surface area (Å²) in [5.41, 5.74) is 2.64. The molecule has 0 bridgehead atoms. The molecule has 4 aromatic rings. The summed E-state index contributed by atoms with van der Waals surface area (Å²) in [6.07, 6.45) is -0.962. The lowest BCUT2D eigenvalue weighted by Crippen LogP contribution is -2.53. The Morgan fingerprint density at radius 2 is 1.97 bits per heavy atom. The predicted molar refractivity (Wildman–Crippen MR) is 125 cm³/mol. The zero-order valence-corrected chi connectivity index (χ0v) is 19.3. The van der Waals surface area contributed by atoms with Crippen molar-refractivity contribution in [2.45, 2.75) is 20.0 Å². The number of pyridine rings is 1. The fraction of sp³-hybridized carbons (Fsp3) is 0.348. The molecule has 9 nitrogen and oxygen atoms in total. The topological polar surface area (TPSA) is 93.9 Å². The third-order valence-corrected chi connectivity index (χ3v) is 5.82. The molecular formula is C23H23F3N8O. The van der Waals surface area contributed by atoms with Crippen molar-refractivity contribution in [1.82, 2.24) is 29.7 Å². The van der Waals surface area contributed by atoms with E-state index in [-0.39, 0.29) is 19.0 Å². The third kappa shape index (κ3) is 4.43. The van der Waals surface area contributed by atoms with Crippen LogP contribution in [0, 0.1) is 12.8 Å². The molecule has 0 aliphatic carbocycles. The Labute approximate surface area is 199 Å². The van der Waals surface area contributed by atoms with E-state index in [0.29, 0.717) is 46.3 Å². The van der Waals surface area contributed by atoms with E-state index in [4.69, 9.17) is 4.74 Å². The number of hydrogen-bond acceptors (Lipinski definition) is 8. The zero-order chi connectivity index (χ0) is 24.7. The fourth-order valence-electron chi connectivity index (χ4n) is 4.00. The van der Waals surface area contributed by atoms with Crippen molar-refractivity contribution in [3.63, 3.8) is 0 Å². The van der Waals surface area contributed by atoms with Gasteiger partial charge in [0.05, 0.1) is 18.2 Å². The zero-order valence-electron chi connectivity index (χ0n) is 19.3. The summed E-state index contributed by atoms with van der Waals surface area (Å²) in [7, 11) is 1.85. The summed E-state index contributed by atoms with van der Waals surface area (Å²) in [5, 5.41) is 11.9. The molecule has 1 aliphatic rings. The first kappa shape index (κ1) is 22.8. The van der Waals surface area contributed by atoms with Crippen molar-refractivity contribution >= 4 is 28.4 Å². The number of anilines is 3. The lowest BCUT2D eigenvalue weighted by Gasteiger charge is -2.41. The van der Waals surface area contributed by atoms with Gasteiger partial charge in [-0.2, -0.15) is 13.2 Å². The Hall–Kier alpha value is -3.96. The maximum Gasteiger partial charge on any atom is 0.395 e. The van der Waals surface area contributed by atoms with Gasteiger partial charge in [0, 0.05) is 43.0 Å². The second-order valence-corrected chi connectivity index (χ2v) is 8.40. The van der Waals surface area contributed by atoms with E-state index < -0.39 is 12.1 Å². The van der Waals surface area contributed by atoms with Crippen molar-refractivity contribution in [2.75, 3.05) is 29.9 Å². The van der Waals surface area contributed by atoms with E-state index >= 15 is 0 Å². The Balaban J connectivity index is 1.47. The van der Waals surface area contributed by atoms with E-state index in [1.54, 1.807) is 28.9 Å². The first-order chi connectivity index (χ1) is 16.7. The molecule has 0 saturated carbocycles. The Morgan fingerprint density at radius 1 is 1.17 bits per heavy atom. The minimum absolute atomic E-state index is 0.139. The largest absolute Gasteiger partial charge is 0.492 e. The lowest BCUT2D eigenvalue weighted by molar-refractivity contribution is -0.180. The molecule has 182 valence electrons. The number of nitrogens with one attached hydrogen (secondary N) is 1. The number of nitrogens with zero attached hydrogens (tertiary/aromatic N) is 7. The molecule has 1 saturated heterocycles. The molecule has 5 rings (SSSR count). The fourth-order valence-corrected chi connectivity index (χ4v) is 4.00. The average molecular weight is 484 g/mol. The molecule has 12 heteroatoms. The van der Waals surface area contributed by atoms with E-state index in [9.17, 15) is 13.2 Å². The summed E-state index contributed by atoms with van der Waals surface area (Å²) in [5.74, 6) is 0.616. The molecule has 1 N–H and O–H groups in total. The number of halogens is 3. The molecule has 0 radical (unpaired) electrons. The number of rotatable bonds is 6. The monoisotopic (exact) mass is 484 g/mol. The second kappa shape index (κ2) is 8.67. The van der Waals surface area contributed by atoms with Gasteiger partial charge in [-0.1, -0.05) is 0 Å². The van der Waals surface area contributed by atoms with Gasteiger partial charge in [0.15, 0.2) is 11.6 Å². The van der Waals surface area contributed by atoms with Crippen LogP contribution in [-0.4, -0.2) is 55.6 Å². The van der Waals surface area contributed by atoms with Gasteiger partial charge in [0.1, 0.15) is 17.6 Å². The average Bonchev–Trinajstić information content (AvgIpc) is 3.19. The summed E-state index contributed by atoms with van der Waals surface area (Å²) in [6.45, 7) is 3.84. The predicted octanol–water partition coefficient (Wildman–Crippen LogP) is 4.27. The number of hydrogen-bond donors (Lipinski definition) is 1. The Kier molecular flexibility index (Phi) is 5.65. The highest BCUT2D eigenvalue weighted by molar-refractivity contribution is 5.90. The second-order valence-electron chi connectivity index (χ2n) is 8.40. The number of fused-ring (bicyclic) bond motifs is 1. The van der Waals surface area contributed by atoms with Crippen LogP contribution < -0.4 is 15.0 Å². The highest BCUT2D eigenvalue weighted by atomic mass is 19.4. The Bertz CT molecular complexity index is 1380. The number of benzene rings is 1. The van der Waals surface area contributed by atoms with Crippen LogP contribution in [0.15, 0.2) is 36.8 Å². The van der Waals surface area contributed by atoms with Crippen LogP contribution in [-0.2, 0) is 7.05 Å².